The number of nitrogen functional groups attached to an aromatic ring is 2. The molecule has 0 atom stereocenters. The van der Waals surface area contributed by atoms with Crippen molar-refractivity contribution in [3.05, 3.63) is 80.5 Å². The lowest BCUT2D eigenvalue weighted by atomic mass is 10.0. The molecule has 2 heterocycles. The van der Waals surface area contributed by atoms with Crippen LogP contribution in [0, 0.1) is 5.82 Å². The number of ether oxygens (including phenoxy) is 2. The molecule has 5 rings (SSSR count). The number of carbonyl (C=O) groups is 1. The second-order valence-electron chi connectivity index (χ2n) is 9.28. The van der Waals surface area contributed by atoms with Crippen LogP contribution in [-0.4, -0.2) is 39.8 Å². The van der Waals surface area contributed by atoms with Crippen molar-refractivity contribution in [2.45, 2.75) is 25.3 Å². The quantitative estimate of drug-likeness (QED) is 0.287. The van der Waals surface area contributed by atoms with Gasteiger partial charge in [0.1, 0.15) is 17.2 Å². The van der Waals surface area contributed by atoms with Crippen LogP contribution in [0.15, 0.2) is 41.5 Å². The number of benzene rings is 2. The first-order chi connectivity index (χ1) is 18.7. The van der Waals surface area contributed by atoms with E-state index in [0.717, 1.165) is 24.5 Å². The number of nitrogens with zero attached hydrogens (tertiary/aromatic N) is 3. The lowest BCUT2D eigenvalue weighted by Crippen LogP contribution is -2.19. The van der Waals surface area contributed by atoms with Crippen molar-refractivity contribution in [3.8, 4) is 11.5 Å². The van der Waals surface area contributed by atoms with E-state index in [2.05, 4.69) is 9.97 Å². The first kappa shape index (κ1) is 25.7. The molecule has 1 fully saturated rings. The largest absolute Gasteiger partial charge is 0.493 e. The van der Waals surface area contributed by atoms with Gasteiger partial charge in [-0.1, -0.05) is 12.2 Å². The molecular formula is C28H26FN5O5. The summed E-state index contributed by atoms with van der Waals surface area (Å²) < 4.78 is 28.1. The summed E-state index contributed by atoms with van der Waals surface area (Å²) in [7, 11) is 3.02. The Kier molecular flexibility index (Phi) is 6.65. The third-order valence-electron chi connectivity index (χ3n) is 6.64. The van der Waals surface area contributed by atoms with Gasteiger partial charge in [-0.15, -0.1) is 0 Å². The number of fused-ring (bicyclic) bond motifs is 1. The maximum Gasteiger partial charge on any atom is 0.341 e. The summed E-state index contributed by atoms with van der Waals surface area (Å²) in [4.78, 5) is 32.4. The number of halogens is 1. The molecule has 11 heteroatoms. The predicted octanol–water partition coefficient (Wildman–Crippen LogP) is 3.91. The molecule has 1 saturated carbocycles. The maximum atomic E-state index is 15.2. The van der Waals surface area contributed by atoms with Crippen LogP contribution in [0.2, 0.25) is 0 Å². The second kappa shape index (κ2) is 10.1. The number of pyridine rings is 1. The average molecular weight is 532 g/mol. The van der Waals surface area contributed by atoms with E-state index < -0.39 is 17.2 Å². The Balaban J connectivity index is 1.59. The van der Waals surface area contributed by atoms with Crippen LogP contribution in [0.25, 0.3) is 23.1 Å². The smallest absolute Gasteiger partial charge is 0.341 e. The van der Waals surface area contributed by atoms with Gasteiger partial charge < -0.3 is 30.6 Å². The van der Waals surface area contributed by atoms with Gasteiger partial charge >= 0.3 is 5.97 Å². The topological polar surface area (TPSA) is 156 Å². The van der Waals surface area contributed by atoms with Crippen molar-refractivity contribution >= 4 is 40.8 Å². The van der Waals surface area contributed by atoms with E-state index in [1.54, 1.807) is 35.0 Å². The molecule has 0 spiro atoms. The van der Waals surface area contributed by atoms with Crippen molar-refractivity contribution < 1.29 is 23.8 Å². The molecule has 2 aromatic carbocycles. The van der Waals surface area contributed by atoms with Gasteiger partial charge in [-0.3, -0.25) is 4.79 Å². The van der Waals surface area contributed by atoms with Gasteiger partial charge in [0.15, 0.2) is 11.5 Å². The van der Waals surface area contributed by atoms with E-state index in [9.17, 15) is 14.7 Å². The highest BCUT2D eigenvalue weighted by atomic mass is 19.1. The molecule has 200 valence electrons. The fraction of sp³-hybridized carbons (Fsp3) is 0.214. The van der Waals surface area contributed by atoms with E-state index in [0.29, 0.717) is 34.6 Å². The summed E-state index contributed by atoms with van der Waals surface area (Å²) in [6, 6.07) is 6.38. The molecule has 1 aliphatic carbocycles. The van der Waals surface area contributed by atoms with Crippen LogP contribution >= 0.6 is 0 Å². The highest BCUT2D eigenvalue weighted by Crippen LogP contribution is 2.38. The molecule has 2 aromatic heterocycles. The van der Waals surface area contributed by atoms with Crippen LogP contribution in [0.4, 0.5) is 16.2 Å². The molecule has 10 nitrogen and oxygen atoms in total. The average Bonchev–Trinajstić information content (AvgIpc) is 3.74. The number of carboxylic acids is 1. The molecule has 0 saturated heterocycles. The summed E-state index contributed by atoms with van der Waals surface area (Å²) >= 11 is 0. The van der Waals surface area contributed by atoms with Gasteiger partial charge in [0.05, 0.1) is 19.7 Å². The Morgan fingerprint density at radius 2 is 1.90 bits per heavy atom. The van der Waals surface area contributed by atoms with Crippen LogP contribution in [0.1, 0.15) is 51.5 Å². The number of hydrogen-bond acceptors (Lipinski definition) is 8. The molecule has 1 aliphatic rings. The Morgan fingerprint density at radius 3 is 2.54 bits per heavy atom. The van der Waals surface area contributed by atoms with E-state index in [1.807, 2.05) is 6.07 Å². The standard InChI is InChI=1S/C28H26FN5O5/c1-38-23-9-14(8-17-12-32-28(31)33-26(17)30)7-16(25(23)39-2)4-3-15-10-22-19(11-21(15)29)24(35)20(27(36)37)13-34(22)18-5-6-18/h3-4,7,9-13,18H,5-6,8H2,1-2H3,(H,36,37)(H4,30,31,32,33). The van der Waals surface area contributed by atoms with Crippen molar-refractivity contribution in [2.75, 3.05) is 25.7 Å². The summed E-state index contributed by atoms with van der Waals surface area (Å²) in [5, 5.41) is 9.49. The summed E-state index contributed by atoms with van der Waals surface area (Å²) in [5.41, 5.74) is 13.3. The Morgan fingerprint density at radius 1 is 1.15 bits per heavy atom. The number of nitrogens with two attached hydrogens (primary N) is 2. The zero-order chi connectivity index (χ0) is 27.8. The van der Waals surface area contributed by atoms with Gasteiger partial charge in [0, 0.05) is 46.9 Å². The van der Waals surface area contributed by atoms with Gasteiger partial charge in [-0.2, -0.15) is 4.98 Å². The van der Waals surface area contributed by atoms with E-state index in [-0.39, 0.29) is 34.3 Å². The minimum absolute atomic E-state index is 0.0287. The lowest BCUT2D eigenvalue weighted by Gasteiger charge is -2.14. The van der Waals surface area contributed by atoms with Crippen LogP contribution in [0.3, 0.4) is 0 Å². The Hall–Kier alpha value is -4.93. The number of aromatic carboxylic acids is 1. The van der Waals surface area contributed by atoms with E-state index in [4.69, 9.17) is 20.9 Å². The fourth-order valence-electron chi connectivity index (χ4n) is 4.57. The molecule has 0 unspecified atom stereocenters. The maximum absolute atomic E-state index is 15.2. The summed E-state index contributed by atoms with van der Waals surface area (Å²) in [5.74, 6) is -0.742. The zero-order valence-electron chi connectivity index (χ0n) is 21.3. The van der Waals surface area contributed by atoms with Gasteiger partial charge in [0.2, 0.25) is 11.4 Å². The third kappa shape index (κ3) is 4.98. The number of hydrogen-bond donors (Lipinski definition) is 3. The predicted molar refractivity (Wildman–Crippen MR) is 146 cm³/mol. The SMILES string of the molecule is COc1cc(Cc2cnc(N)nc2N)cc(C=Cc2cc3c(cc2F)c(=O)c(C(=O)O)cn3C2CC2)c1OC. The molecular weight excluding hydrogens is 505 g/mol. The normalized spacial score (nSPS) is 13.2. The van der Waals surface area contributed by atoms with Gasteiger partial charge in [-0.05, 0) is 42.7 Å². The minimum Gasteiger partial charge on any atom is -0.493 e. The Labute approximate surface area is 222 Å². The molecule has 5 N–H and O–H groups in total. The monoisotopic (exact) mass is 531 g/mol. The number of methoxy groups -OCH3 is 2. The van der Waals surface area contributed by atoms with E-state index >= 15 is 4.39 Å². The first-order valence-electron chi connectivity index (χ1n) is 12.1. The number of aromatic nitrogens is 3. The number of anilines is 2. The molecule has 39 heavy (non-hydrogen) atoms. The van der Waals surface area contributed by atoms with E-state index in [1.165, 1.54) is 20.4 Å². The van der Waals surface area contributed by atoms with Crippen molar-refractivity contribution in [2.24, 2.45) is 0 Å². The Bertz CT molecular complexity index is 1710. The molecule has 4 aromatic rings. The summed E-state index contributed by atoms with van der Waals surface area (Å²) in [6.07, 6.45) is 8.26. The van der Waals surface area contributed by atoms with Crippen LogP contribution in [0.5, 0.6) is 11.5 Å². The second-order valence-corrected chi connectivity index (χ2v) is 9.28. The number of carboxylic acid groups (broad SMARTS) is 1. The third-order valence-corrected chi connectivity index (χ3v) is 6.64. The van der Waals surface area contributed by atoms with Crippen molar-refractivity contribution in [3.63, 3.8) is 0 Å². The van der Waals surface area contributed by atoms with Gasteiger partial charge in [-0.25, -0.2) is 14.2 Å². The zero-order valence-corrected chi connectivity index (χ0v) is 21.3. The van der Waals surface area contributed by atoms with Gasteiger partial charge in [0.25, 0.3) is 0 Å². The first-order valence-corrected chi connectivity index (χ1v) is 12.1. The minimum atomic E-state index is -1.34. The fourth-order valence-corrected chi connectivity index (χ4v) is 4.57. The van der Waals surface area contributed by atoms with Crippen molar-refractivity contribution in [1.82, 2.24) is 14.5 Å². The molecule has 0 amide bonds. The molecule has 0 bridgehead atoms. The van der Waals surface area contributed by atoms with Crippen LogP contribution < -0.4 is 26.4 Å². The highest BCUT2D eigenvalue weighted by molar-refractivity contribution is 5.93. The number of rotatable bonds is 8. The lowest BCUT2D eigenvalue weighted by molar-refractivity contribution is 0.0695. The molecule has 0 radical (unpaired) electrons. The molecule has 0 aliphatic heterocycles. The van der Waals surface area contributed by atoms with Crippen LogP contribution in [-0.2, 0) is 6.42 Å². The van der Waals surface area contributed by atoms with Crippen molar-refractivity contribution in [1.29, 1.82) is 0 Å². The highest BCUT2D eigenvalue weighted by Gasteiger charge is 2.27. The summed E-state index contributed by atoms with van der Waals surface area (Å²) in [6.45, 7) is 0.